The van der Waals surface area contributed by atoms with Gasteiger partial charge < -0.3 is 4.74 Å². The average molecular weight is 361 g/mol. The van der Waals surface area contributed by atoms with Crippen LogP contribution in [0.3, 0.4) is 0 Å². The van der Waals surface area contributed by atoms with Crippen molar-refractivity contribution in [3.8, 4) is 11.3 Å². The second-order valence-corrected chi connectivity index (χ2v) is 6.00. The summed E-state index contributed by atoms with van der Waals surface area (Å²) in [6.07, 6.45) is 0.201. The molecule has 1 aromatic carbocycles. The first-order valence-electron chi connectivity index (χ1n) is 5.65. The molecule has 19 heavy (non-hydrogen) atoms. The number of aromatic nitrogens is 1. The quantitative estimate of drug-likeness (QED) is 0.762. The Hall–Kier alpha value is -0.910. The second-order valence-electron chi connectivity index (χ2n) is 3.73. The summed E-state index contributed by atoms with van der Waals surface area (Å²) < 4.78 is 5.82. The van der Waals surface area contributed by atoms with E-state index in [1.807, 2.05) is 23.6 Å². The van der Waals surface area contributed by atoms with Crippen molar-refractivity contribution in [2.75, 3.05) is 6.61 Å². The van der Waals surface area contributed by atoms with Crippen molar-refractivity contribution in [1.29, 1.82) is 0 Å². The van der Waals surface area contributed by atoms with Crippen molar-refractivity contribution in [2.24, 2.45) is 0 Å². The van der Waals surface area contributed by atoms with Gasteiger partial charge in [-0.05, 0) is 19.1 Å². The lowest BCUT2D eigenvalue weighted by molar-refractivity contribution is -0.142. The third kappa shape index (κ3) is 3.78. The van der Waals surface area contributed by atoms with Gasteiger partial charge in [-0.25, -0.2) is 4.98 Å². The Morgan fingerprint density at radius 1 is 1.53 bits per heavy atom. The Labute approximate surface area is 128 Å². The van der Waals surface area contributed by atoms with E-state index in [-0.39, 0.29) is 12.4 Å². The van der Waals surface area contributed by atoms with E-state index in [1.165, 1.54) is 11.3 Å². The van der Waals surface area contributed by atoms with Gasteiger partial charge in [-0.15, -0.1) is 11.3 Å². The van der Waals surface area contributed by atoms with E-state index in [2.05, 4.69) is 20.9 Å². The Morgan fingerprint density at radius 3 is 3.00 bits per heavy atom. The van der Waals surface area contributed by atoms with Gasteiger partial charge >= 0.3 is 5.97 Å². The molecule has 0 aliphatic heterocycles. The zero-order chi connectivity index (χ0) is 13.8. The van der Waals surface area contributed by atoms with Gasteiger partial charge in [-0.3, -0.25) is 4.79 Å². The maximum absolute atomic E-state index is 11.4. The van der Waals surface area contributed by atoms with Crippen molar-refractivity contribution >= 4 is 44.8 Å². The van der Waals surface area contributed by atoms with Crippen LogP contribution in [0.4, 0.5) is 0 Å². The summed E-state index contributed by atoms with van der Waals surface area (Å²) in [4.78, 5) is 15.8. The number of carbonyl (C=O) groups excluding carboxylic acids is 1. The van der Waals surface area contributed by atoms with E-state index in [1.54, 1.807) is 6.92 Å². The molecule has 1 aromatic heterocycles. The smallest absolute Gasteiger partial charge is 0.312 e. The molecule has 0 aliphatic carbocycles. The van der Waals surface area contributed by atoms with Crippen molar-refractivity contribution < 1.29 is 9.53 Å². The lowest BCUT2D eigenvalue weighted by Crippen LogP contribution is -2.07. The van der Waals surface area contributed by atoms with Gasteiger partial charge in [0.2, 0.25) is 0 Å². The standard InChI is InChI=1S/C13H11BrClNO2S/c1-2-18-13(17)6-12-16-11(7-19-12)9-4-3-8(14)5-10(9)15/h3-5,7H,2,6H2,1H3. The second kappa shape index (κ2) is 6.50. The molecule has 0 saturated carbocycles. The lowest BCUT2D eigenvalue weighted by Gasteiger charge is -2.01. The van der Waals surface area contributed by atoms with Crippen LogP contribution in [0.1, 0.15) is 11.9 Å². The van der Waals surface area contributed by atoms with Crippen LogP contribution in [0, 0.1) is 0 Å². The molecule has 0 unspecified atom stereocenters. The Kier molecular flexibility index (Phi) is 4.96. The van der Waals surface area contributed by atoms with Crippen molar-refractivity contribution in [3.63, 3.8) is 0 Å². The third-order valence-electron chi connectivity index (χ3n) is 2.36. The molecule has 100 valence electrons. The van der Waals surface area contributed by atoms with E-state index in [9.17, 15) is 4.79 Å². The normalized spacial score (nSPS) is 10.5. The fraction of sp³-hybridized carbons (Fsp3) is 0.231. The Balaban J connectivity index is 2.18. The highest BCUT2D eigenvalue weighted by molar-refractivity contribution is 9.10. The minimum atomic E-state index is -0.259. The molecule has 6 heteroatoms. The number of ether oxygens (including phenoxy) is 1. The fourth-order valence-corrected chi connectivity index (χ4v) is 3.10. The van der Waals surface area contributed by atoms with E-state index < -0.39 is 0 Å². The van der Waals surface area contributed by atoms with Crippen LogP contribution in [-0.4, -0.2) is 17.6 Å². The zero-order valence-electron chi connectivity index (χ0n) is 10.2. The van der Waals surface area contributed by atoms with Gasteiger partial charge in [0, 0.05) is 15.4 Å². The maximum Gasteiger partial charge on any atom is 0.312 e. The summed E-state index contributed by atoms with van der Waals surface area (Å²) in [7, 11) is 0. The van der Waals surface area contributed by atoms with Gasteiger partial charge in [-0.2, -0.15) is 0 Å². The van der Waals surface area contributed by atoms with Crippen LogP contribution >= 0.6 is 38.9 Å². The largest absolute Gasteiger partial charge is 0.466 e. The maximum atomic E-state index is 11.4. The molecule has 0 N–H and O–H groups in total. The highest BCUT2D eigenvalue weighted by Crippen LogP contribution is 2.31. The summed E-state index contributed by atoms with van der Waals surface area (Å²) in [5, 5.41) is 3.25. The number of nitrogens with zero attached hydrogens (tertiary/aromatic N) is 1. The molecule has 0 spiro atoms. The van der Waals surface area contributed by atoms with Gasteiger partial charge in [-0.1, -0.05) is 33.6 Å². The monoisotopic (exact) mass is 359 g/mol. The molecule has 1 heterocycles. The molecule has 0 saturated heterocycles. The SMILES string of the molecule is CCOC(=O)Cc1nc(-c2ccc(Br)cc2Cl)cs1. The van der Waals surface area contributed by atoms with Crippen LogP contribution in [0.2, 0.25) is 5.02 Å². The van der Waals surface area contributed by atoms with Crippen LogP contribution in [0.25, 0.3) is 11.3 Å². The number of carbonyl (C=O) groups is 1. The van der Waals surface area contributed by atoms with Gasteiger partial charge in [0.1, 0.15) is 5.01 Å². The summed E-state index contributed by atoms with van der Waals surface area (Å²) in [6, 6.07) is 5.63. The van der Waals surface area contributed by atoms with Crippen LogP contribution in [0.15, 0.2) is 28.1 Å². The minimum Gasteiger partial charge on any atom is -0.466 e. The summed E-state index contributed by atoms with van der Waals surface area (Å²) >= 11 is 11.0. The summed E-state index contributed by atoms with van der Waals surface area (Å²) in [5.74, 6) is -0.259. The summed E-state index contributed by atoms with van der Waals surface area (Å²) in [5.41, 5.74) is 1.64. The predicted molar refractivity (Wildman–Crippen MR) is 80.6 cm³/mol. The van der Waals surface area contributed by atoms with E-state index in [0.29, 0.717) is 11.6 Å². The Morgan fingerprint density at radius 2 is 2.32 bits per heavy atom. The van der Waals surface area contributed by atoms with Crippen molar-refractivity contribution in [2.45, 2.75) is 13.3 Å². The number of rotatable bonds is 4. The molecular formula is C13H11BrClNO2S. The molecule has 0 radical (unpaired) electrons. The first-order valence-corrected chi connectivity index (χ1v) is 7.70. The molecule has 3 nitrogen and oxygen atoms in total. The van der Waals surface area contributed by atoms with Crippen LogP contribution < -0.4 is 0 Å². The first kappa shape index (κ1) is 14.5. The molecule has 0 amide bonds. The van der Waals surface area contributed by atoms with Crippen molar-refractivity contribution in [3.05, 3.63) is 38.1 Å². The number of hydrogen-bond donors (Lipinski definition) is 0. The number of hydrogen-bond acceptors (Lipinski definition) is 4. The van der Waals surface area contributed by atoms with E-state index >= 15 is 0 Å². The number of benzene rings is 1. The van der Waals surface area contributed by atoms with Crippen LogP contribution in [0.5, 0.6) is 0 Å². The Bertz CT molecular complexity index is 600. The third-order valence-corrected chi connectivity index (χ3v) is 4.01. The fourth-order valence-electron chi connectivity index (χ4n) is 1.55. The van der Waals surface area contributed by atoms with Gasteiger partial charge in [0.05, 0.1) is 23.7 Å². The van der Waals surface area contributed by atoms with E-state index in [0.717, 1.165) is 20.7 Å². The molecule has 0 fully saturated rings. The van der Waals surface area contributed by atoms with Crippen LogP contribution in [-0.2, 0) is 16.0 Å². The topological polar surface area (TPSA) is 39.2 Å². The highest BCUT2D eigenvalue weighted by Gasteiger charge is 2.11. The molecule has 0 aliphatic rings. The molecular weight excluding hydrogens is 350 g/mol. The van der Waals surface area contributed by atoms with Gasteiger partial charge in [0.15, 0.2) is 0 Å². The summed E-state index contributed by atoms with van der Waals surface area (Å²) in [6.45, 7) is 2.17. The molecule has 0 bridgehead atoms. The molecule has 2 rings (SSSR count). The molecule has 2 aromatic rings. The average Bonchev–Trinajstić information content (AvgIpc) is 2.77. The lowest BCUT2D eigenvalue weighted by atomic mass is 10.2. The first-order chi connectivity index (χ1) is 9.10. The number of thiazole rings is 1. The highest BCUT2D eigenvalue weighted by atomic mass is 79.9. The number of esters is 1. The van der Waals surface area contributed by atoms with E-state index in [4.69, 9.17) is 16.3 Å². The zero-order valence-corrected chi connectivity index (χ0v) is 13.3. The van der Waals surface area contributed by atoms with Crippen molar-refractivity contribution in [1.82, 2.24) is 4.98 Å². The molecule has 0 atom stereocenters. The predicted octanol–water partition coefficient (Wildman–Crippen LogP) is 4.33. The number of halogens is 2. The van der Waals surface area contributed by atoms with Gasteiger partial charge in [0.25, 0.3) is 0 Å². The minimum absolute atomic E-state index is 0.201.